The molecule has 0 spiro atoms. The smallest absolute Gasteiger partial charge is 0.320 e. The first-order chi connectivity index (χ1) is 9.74. The molecule has 108 valence electrons. The van der Waals surface area contributed by atoms with E-state index >= 15 is 0 Å². The number of aliphatic carboxylic acids is 1. The van der Waals surface area contributed by atoms with Gasteiger partial charge < -0.3 is 14.6 Å². The predicted molar refractivity (Wildman–Crippen MR) is 73.2 cm³/mol. The zero-order valence-corrected chi connectivity index (χ0v) is 11.3. The molecular formula is C15H19NO4. The van der Waals surface area contributed by atoms with E-state index in [1.807, 2.05) is 18.2 Å². The topological polar surface area (TPSA) is 67.8 Å². The van der Waals surface area contributed by atoms with E-state index in [1.54, 1.807) is 0 Å². The van der Waals surface area contributed by atoms with Crippen molar-refractivity contribution in [1.29, 1.82) is 0 Å². The quantitative estimate of drug-likeness (QED) is 0.866. The summed E-state index contributed by atoms with van der Waals surface area (Å²) in [5.74, 6) is 0.764. The van der Waals surface area contributed by atoms with Gasteiger partial charge in [-0.15, -0.1) is 0 Å². The van der Waals surface area contributed by atoms with Crippen LogP contribution in [0.15, 0.2) is 18.2 Å². The van der Waals surface area contributed by atoms with E-state index in [4.69, 9.17) is 14.6 Å². The summed E-state index contributed by atoms with van der Waals surface area (Å²) < 4.78 is 11.3. The minimum atomic E-state index is -0.774. The average molecular weight is 277 g/mol. The molecule has 0 aliphatic carbocycles. The standard InChI is InChI=1S/C15H19NO4/c17-15(18)12-4-1-3-11(16-12)10-5-6-13-14(9-10)20-8-2-7-19-13/h5-6,9,11-12,16H,1-4,7-8H2,(H,17,18). The maximum absolute atomic E-state index is 11.1. The second-order valence-corrected chi connectivity index (χ2v) is 5.30. The highest BCUT2D eigenvalue weighted by Crippen LogP contribution is 2.34. The third-order valence-corrected chi connectivity index (χ3v) is 3.86. The molecule has 2 unspecified atom stereocenters. The number of carbonyl (C=O) groups is 1. The number of rotatable bonds is 2. The van der Waals surface area contributed by atoms with Gasteiger partial charge in [-0.1, -0.05) is 6.07 Å². The summed E-state index contributed by atoms with van der Waals surface area (Å²) in [7, 11) is 0. The Balaban J connectivity index is 1.79. The fourth-order valence-electron chi connectivity index (χ4n) is 2.79. The van der Waals surface area contributed by atoms with Crippen LogP contribution in [0.5, 0.6) is 11.5 Å². The SMILES string of the molecule is O=C(O)C1CCCC(c2ccc3c(c2)OCCCO3)N1. The first-order valence-corrected chi connectivity index (χ1v) is 7.12. The van der Waals surface area contributed by atoms with Crippen molar-refractivity contribution in [2.24, 2.45) is 0 Å². The van der Waals surface area contributed by atoms with Crippen molar-refractivity contribution in [2.45, 2.75) is 37.8 Å². The van der Waals surface area contributed by atoms with Crippen LogP contribution in [0, 0.1) is 0 Å². The van der Waals surface area contributed by atoms with Gasteiger partial charge in [0.05, 0.1) is 13.2 Å². The van der Waals surface area contributed by atoms with Crippen molar-refractivity contribution in [3.8, 4) is 11.5 Å². The van der Waals surface area contributed by atoms with Crippen molar-refractivity contribution >= 4 is 5.97 Å². The third-order valence-electron chi connectivity index (χ3n) is 3.86. The molecule has 1 fully saturated rings. The predicted octanol–water partition coefficient (Wildman–Crippen LogP) is 2.12. The second-order valence-electron chi connectivity index (χ2n) is 5.30. The zero-order chi connectivity index (χ0) is 13.9. The summed E-state index contributed by atoms with van der Waals surface area (Å²) in [5.41, 5.74) is 1.07. The van der Waals surface area contributed by atoms with Crippen molar-refractivity contribution in [3.63, 3.8) is 0 Å². The molecule has 2 N–H and O–H groups in total. The zero-order valence-electron chi connectivity index (χ0n) is 11.3. The van der Waals surface area contributed by atoms with E-state index in [9.17, 15) is 4.79 Å². The lowest BCUT2D eigenvalue weighted by Gasteiger charge is -2.29. The molecule has 0 bridgehead atoms. The number of hydrogen-bond acceptors (Lipinski definition) is 4. The van der Waals surface area contributed by atoms with Gasteiger partial charge in [-0.3, -0.25) is 10.1 Å². The molecule has 5 heteroatoms. The number of nitrogens with one attached hydrogen (secondary N) is 1. The fraction of sp³-hybridized carbons (Fsp3) is 0.533. The Bertz CT molecular complexity index is 503. The van der Waals surface area contributed by atoms with Crippen LogP contribution in [0.3, 0.4) is 0 Å². The Morgan fingerprint density at radius 3 is 2.75 bits per heavy atom. The summed E-state index contributed by atoms with van der Waals surface area (Å²) in [4.78, 5) is 11.1. The number of carboxylic acids is 1. The summed E-state index contributed by atoms with van der Waals surface area (Å²) in [6.07, 6.45) is 3.44. The van der Waals surface area contributed by atoms with Crippen LogP contribution in [0.25, 0.3) is 0 Å². The largest absolute Gasteiger partial charge is 0.490 e. The van der Waals surface area contributed by atoms with E-state index < -0.39 is 12.0 Å². The molecule has 20 heavy (non-hydrogen) atoms. The van der Waals surface area contributed by atoms with Gasteiger partial charge in [0.2, 0.25) is 0 Å². The fourth-order valence-corrected chi connectivity index (χ4v) is 2.79. The molecule has 2 heterocycles. The highest BCUT2D eigenvalue weighted by atomic mass is 16.5. The molecule has 1 aromatic rings. The van der Waals surface area contributed by atoms with Gasteiger partial charge in [0.1, 0.15) is 6.04 Å². The van der Waals surface area contributed by atoms with Crippen molar-refractivity contribution < 1.29 is 19.4 Å². The lowest BCUT2D eigenvalue weighted by Crippen LogP contribution is -2.42. The number of hydrogen-bond donors (Lipinski definition) is 2. The Kier molecular flexibility index (Phi) is 3.78. The van der Waals surface area contributed by atoms with E-state index in [2.05, 4.69) is 5.32 Å². The number of fused-ring (bicyclic) bond motifs is 1. The lowest BCUT2D eigenvalue weighted by atomic mass is 9.93. The Hall–Kier alpha value is -1.75. The molecule has 0 amide bonds. The van der Waals surface area contributed by atoms with E-state index in [0.717, 1.165) is 36.3 Å². The number of benzene rings is 1. The van der Waals surface area contributed by atoms with Gasteiger partial charge in [0.25, 0.3) is 0 Å². The molecule has 0 aromatic heterocycles. The van der Waals surface area contributed by atoms with Gasteiger partial charge >= 0.3 is 5.97 Å². The van der Waals surface area contributed by atoms with Gasteiger partial charge in [-0.05, 0) is 37.0 Å². The molecule has 5 nitrogen and oxygen atoms in total. The van der Waals surface area contributed by atoms with E-state index in [-0.39, 0.29) is 6.04 Å². The monoisotopic (exact) mass is 277 g/mol. The van der Waals surface area contributed by atoms with Gasteiger partial charge in [0.15, 0.2) is 11.5 Å². The minimum Gasteiger partial charge on any atom is -0.490 e. The summed E-state index contributed by atoms with van der Waals surface area (Å²) in [5, 5.41) is 12.3. The van der Waals surface area contributed by atoms with Crippen LogP contribution in [0.1, 0.15) is 37.3 Å². The molecule has 1 saturated heterocycles. The third kappa shape index (κ3) is 2.72. The number of carboxylic acid groups (broad SMARTS) is 1. The van der Waals surface area contributed by atoms with Crippen LogP contribution < -0.4 is 14.8 Å². The first-order valence-electron chi connectivity index (χ1n) is 7.12. The summed E-state index contributed by atoms with van der Waals surface area (Å²) in [6, 6.07) is 5.51. The highest BCUT2D eigenvalue weighted by Gasteiger charge is 2.27. The number of piperidine rings is 1. The average Bonchev–Trinajstić information content (AvgIpc) is 2.71. The van der Waals surface area contributed by atoms with Crippen molar-refractivity contribution in [2.75, 3.05) is 13.2 Å². The van der Waals surface area contributed by atoms with Crippen LogP contribution >= 0.6 is 0 Å². The van der Waals surface area contributed by atoms with E-state index in [0.29, 0.717) is 19.6 Å². The highest BCUT2D eigenvalue weighted by molar-refractivity contribution is 5.73. The molecule has 0 saturated carbocycles. The summed E-state index contributed by atoms with van der Waals surface area (Å²) in [6.45, 7) is 1.33. The second kappa shape index (κ2) is 5.71. The molecule has 2 aliphatic rings. The molecule has 3 rings (SSSR count). The maximum Gasteiger partial charge on any atom is 0.320 e. The van der Waals surface area contributed by atoms with Crippen molar-refractivity contribution in [1.82, 2.24) is 5.32 Å². The molecule has 1 aromatic carbocycles. The normalized spacial score (nSPS) is 25.8. The van der Waals surface area contributed by atoms with Gasteiger partial charge in [-0.25, -0.2) is 0 Å². The van der Waals surface area contributed by atoms with Gasteiger partial charge in [-0.2, -0.15) is 0 Å². The van der Waals surface area contributed by atoms with Crippen LogP contribution in [-0.4, -0.2) is 30.3 Å². The van der Waals surface area contributed by atoms with E-state index in [1.165, 1.54) is 0 Å². The Labute approximate surface area is 117 Å². The Morgan fingerprint density at radius 2 is 1.95 bits per heavy atom. The molecule has 0 radical (unpaired) electrons. The van der Waals surface area contributed by atoms with Crippen LogP contribution in [-0.2, 0) is 4.79 Å². The lowest BCUT2D eigenvalue weighted by molar-refractivity contribution is -0.140. The summed E-state index contributed by atoms with van der Waals surface area (Å²) >= 11 is 0. The molecule has 2 aliphatic heterocycles. The van der Waals surface area contributed by atoms with Gasteiger partial charge in [0, 0.05) is 12.5 Å². The molecule has 2 atom stereocenters. The first kappa shape index (κ1) is 13.2. The maximum atomic E-state index is 11.1. The molecular weight excluding hydrogens is 258 g/mol. The Morgan fingerprint density at radius 1 is 1.15 bits per heavy atom. The minimum absolute atomic E-state index is 0.0713. The number of ether oxygens (including phenoxy) is 2. The van der Waals surface area contributed by atoms with Crippen LogP contribution in [0.2, 0.25) is 0 Å². The van der Waals surface area contributed by atoms with Crippen LogP contribution in [0.4, 0.5) is 0 Å². The van der Waals surface area contributed by atoms with Crippen molar-refractivity contribution in [3.05, 3.63) is 23.8 Å².